The largest absolute Gasteiger partial charge is 0.465 e. The highest BCUT2D eigenvalue weighted by Gasteiger charge is 2.25. The Bertz CT molecular complexity index is 353. The molecule has 1 aromatic heterocycles. The van der Waals surface area contributed by atoms with Crippen LogP contribution in [0.2, 0.25) is 0 Å². The quantitative estimate of drug-likeness (QED) is 0.834. The first-order valence-corrected chi connectivity index (χ1v) is 7.20. The minimum Gasteiger partial charge on any atom is -0.465 e. The molecule has 0 radical (unpaired) electrons. The van der Waals surface area contributed by atoms with Crippen molar-refractivity contribution in [2.75, 3.05) is 13.6 Å². The summed E-state index contributed by atoms with van der Waals surface area (Å²) in [6.07, 6.45) is 8.07. The molecule has 0 bridgehead atoms. The first-order valence-electron chi connectivity index (χ1n) is 7.20. The molecule has 0 aliphatic heterocycles. The molecule has 3 nitrogen and oxygen atoms in total. The van der Waals surface area contributed by atoms with Crippen molar-refractivity contribution < 1.29 is 4.42 Å². The van der Waals surface area contributed by atoms with Gasteiger partial charge in [-0.1, -0.05) is 25.7 Å². The molecule has 3 heteroatoms. The van der Waals surface area contributed by atoms with Crippen molar-refractivity contribution in [2.45, 2.75) is 57.5 Å². The van der Waals surface area contributed by atoms with E-state index in [2.05, 4.69) is 18.0 Å². The minimum absolute atomic E-state index is 0.224. The SMILES string of the molecule is Cc1ccc(C(CN)N(C)C2CCCCCC2)o1. The van der Waals surface area contributed by atoms with Gasteiger partial charge in [-0.25, -0.2) is 0 Å². The summed E-state index contributed by atoms with van der Waals surface area (Å²) in [5.74, 6) is 1.99. The summed E-state index contributed by atoms with van der Waals surface area (Å²) in [6.45, 7) is 2.61. The zero-order valence-electron chi connectivity index (χ0n) is 11.7. The smallest absolute Gasteiger partial charge is 0.122 e. The molecule has 0 spiro atoms. The summed E-state index contributed by atoms with van der Waals surface area (Å²) in [5.41, 5.74) is 5.96. The lowest BCUT2D eigenvalue weighted by atomic mass is 10.0. The second-order valence-electron chi connectivity index (χ2n) is 5.51. The Morgan fingerprint density at radius 3 is 2.44 bits per heavy atom. The Morgan fingerprint density at radius 1 is 1.28 bits per heavy atom. The summed E-state index contributed by atoms with van der Waals surface area (Å²) in [7, 11) is 2.20. The molecule has 1 fully saturated rings. The second-order valence-corrected chi connectivity index (χ2v) is 5.51. The van der Waals surface area contributed by atoms with Crippen molar-refractivity contribution in [3.8, 4) is 0 Å². The summed E-state index contributed by atoms with van der Waals surface area (Å²) >= 11 is 0. The Hall–Kier alpha value is -0.800. The van der Waals surface area contributed by atoms with Crippen molar-refractivity contribution in [3.63, 3.8) is 0 Å². The molecule has 1 aliphatic carbocycles. The van der Waals surface area contributed by atoms with E-state index < -0.39 is 0 Å². The van der Waals surface area contributed by atoms with Crippen LogP contribution >= 0.6 is 0 Å². The van der Waals surface area contributed by atoms with Crippen LogP contribution in [0.5, 0.6) is 0 Å². The van der Waals surface area contributed by atoms with Crippen LogP contribution in [0.3, 0.4) is 0 Å². The Morgan fingerprint density at radius 2 is 1.94 bits per heavy atom. The number of furan rings is 1. The van der Waals surface area contributed by atoms with Crippen LogP contribution < -0.4 is 5.73 Å². The third kappa shape index (κ3) is 3.15. The Balaban J connectivity index is 2.06. The van der Waals surface area contributed by atoms with Crippen LogP contribution in [0.4, 0.5) is 0 Å². The monoisotopic (exact) mass is 250 g/mol. The molecule has 1 aromatic rings. The highest BCUT2D eigenvalue weighted by atomic mass is 16.3. The molecule has 2 N–H and O–H groups in total. The van der Waals surface area contributed by atoms with Gasteiger partial charge < -0.3 is 10.2 Å². The molecule has 2 rings (SSSR count). The number of nitrogens with two attached hydrogens (primary N) is 1. The number of rotatable bonds is 4. The van der Waals surface area contributed by atoms with Crippen LogP contribution in [-0.4, -0.2) is 24.5 Å². The van der Waals surface area contributed by atoms with Crippen LogP contribution in [0.25, 0.3) is 0 Å². The number of hydrogen-bond acceptors (Lipinski definition) is 3. The standard InChI is InChI=1S/C15H26N2O/c1-12-9-10-15(18-12)14(11-16)17(2)13-7-5-3-4-6-8-13/h9-10,13-14H,3-8,11,16H2,1-2H3. The first-order chi connectivity index (χ1) is 8.72. The average molecular weight is 250 g/mol. The van der Waals surface area contributed by atoms with E-state index in [0.717, 1.165) is 11.5 Å². The lowest BCUT2D eigenvalue weighted by Crippen LogP contribution is -2.38. The molecule has 0 saturated heterocycles. The maximum absolute atomic E-state index is 5.96. The van der Waals surface area contributed by atoms with E-state index in [1.807, 2.05) is 13.0 Å². The third-order valence-electron chi connectivity index (χ3n) is 4.21. The molecular weight excluding hydrogens is 224 g/mol. The maximum Gasteiger partial charge on any atom is 0.122 e. The van der Waals surface area contributed by atoms with Gasteiger partial charge in [0.05, 0.1) is 6.04 Å². The van der Waals surface area contributed by atoms with Gasteiger partial charge in [-0.3, -0.25) is 4.90 Å². The summed E-state index contributed by atoms with van der Waals surface area (Å²) in [5, 5.41) is 0. The molecule has 1 saturated carbocycles. The highest BCUT2D eigenvalue weighted by molar-refractivity contribution is 5.10. The number of likely N-dealkylation sites (N-methyl/N-ethyl adjacent to an activating group) is 1. The lowest BCUT2D eigenvalue weighted by Gasteiger charge is -2.33. The van der Waals surface area contributed by atoms with Crippen molar-refractivity contribution in [1.29, 1.82) is 0 Å². The summed E-state index contributed by atoms with van der Waals surface area (Å²) in [4.78, 5) is 2.43. The normalized spacial score (nSPS) is 20.0. The maximum atomic E-state index is 5.96. The van der Waals surface area contributed by atoms with Gasteiger partial charge >= 0.3 is 0 Å². The van der Waals surface area contributed by atoms with E-state index in [4.69, 9.17) is 10.2 Å². The van der Waals surface area contributed by atoms with Crippen molar-refractivity contribution in [3.05, 3.63) is 23.7 Å². The minimum atomic E-state index is 0.224. The van der Waals surface area contributed by atoms with Crippen LogP contribution in [0, 0.1) is 6.92 Å². The van der Waals surface area contributed by atoms with E-state index in [-0.39, 0.29) is 6.04 Å². The van der Waals surface area contributed by atoms with E-state index in [0.29, 0.717) is 12.6 Å². The lowest BCUT2D eigenvalue weighted by molar-refractivity contribution is 0.143. The molecule has 1 heterocycles. The van der Waals surface area contributed by atoms with Gasteiger partial charge in [0.25, 0.3) is 0 Å². The highest BCUT2D eigenvalue weighted by Crippen LogP contribution is 2.28. The average Bonchev–Trinajstić information content (AvgIpc) is 2.65. The zero-order chi connectivity index (χ0) is 13.0. The summed E-state index contributed by atoms with van der Waals surface area (Å²) in [6, 6.07) is 4.98. The van der Waals surface area contributed by atoms with E-state index in [1.165, 1.54) is 38.5 Å². The fraction of sp³-hybridized carbons (Fsp3) is 0.733. The molecule has 18 heavy (non-hydrogen) atoms. The Labute approximate surface area is 110 Å². The fourth-order valence-corrected chi connectivity index (χ4v) is 3.04. The van der Waals surface area contributed by atoms with Gasteiger partial charge in [-0.2, -0.15) is 0 Å². The molecule has 0 amide bonds. The number of nitrogens with zero attached hydrogens (tertiary/aromatic N) is 1. The van der Waals surface area contributed by atoms with Gasteiger partial charge in [-0.05, 0) is 38.9 Å². The van der Waals surface area contributed by atoms with Gasteiger partial charge in [-0.15, -0.1) is 0 Å². The van der Waals surface area contributed by atoms with Gasteiger partial charge in [0.15, 0.2) is 0 Å². The molecule has 102 valence electrons. The van der Waals surface area contributed by atoms with E-state index >= 15 is 0 Å². The molecule has 0 aromatic carbocycles. The summed E-state index contributed by atoms with van der Waals surface area (Å²) < 4.78 is 5.76. The molecular formula is C15H26N2O. The van der Waals surface area contributed by atoms with Crippen LogP contribution in [0.15, 0.2) is 16.5 Å². The zero-order valence-corrected chi connectivity index (χ0v) is 11.7. The number of hydrogen-bond donors (Lipinski definition) is 1. The Kier molecular flexibility index (Phi) is 4.84. The van der Waals surface area contributed by atoms with E-state index in [9.17, 15) is 0 Å². The first kappa shape index (κ1) is 13.6. The van der Waals surface area contributed by atoms with Gasteiger partial charge in [0.1, 0.15) is 11.5 Å². The van der Waals surface area contributed by atoms with Crippen molar-refractivity contribution >= 4 is 0 Å². The molecule has 1 aliphatic rings. The second kappa shape index (κ2) is 6.39. The molecule has 1 atom stereocenters. The van der Waals surface area contributed by atoms with Crippen LogP contribution in [-0.2, 0) is 0 Å². The van der Waals surface area contributed by atoms with Gasteiger partial charge in [0, 0.05) is 12.6 Å². The van der Waals surface area contributed by atoms with E-state index in [1.54, 1.807) is 0 Å². The predicted molar refractivity (Wildman–Crippen MR) is 74.5 cm³/mol. The molecule has 1 unspecified atom stereocenters. The van der Waals surface area contributed by atoms with Crippen molar-refractivity contribution in [2.24, 2.45) is 5.73 Å². The number of aryl methyl sites for hydroxylation is 1. The fourth-order valence-electron chi connectivity index (χ4n) is 3.04. The van der Waals surface area contributed by atoms with Gasteiger partial charge in [0.2, 0.25) is 0 Å². The topological polar surface area (TPSA) is 42.4 Å². The van der Waals surface area contributed by atoms with Crippen molar-refractivity contribution in [1.82, 2.24) is 4.90 Å². The third-order valence-corrected chi connectivity index (χ3v) is 4.21. The van der Waals surface area contributed by atoms with Crippen LogP contribution in [0.1, 0.15) is 56.1 Å². The predicted octanol–water partition coefficient (Wildman–Crippen LogP) is 3.24.